The third kappa shape index (κ3) is 6.88. The zero-order valence-corrected chi connectivity index (χ0v) is 36.4. The molecule has 0 unspecified atom stereocenters. The molecule has 1 aliphatic carbocycles. The summed E-state index contributed by atoms with van der Waals surface area (Å²) in [5.74, 6) is 3.39. The zero-order valence-electron chi connectivity index (χ0n) is 36.4. The molecule has 0 bridgehead atoms. The number of pyridine rings is 3. The minimum absolute atomic E-state index is 0.244. The molecule has 4 N–H and O–H groups in total. The van der Waals surface area contributed by atoms with Gasteiger partial charge in [-0.15, -0.1) is 0 Å². The van der Waals surface area contributed by atoms with Crippen molar-refractivity contribution in [2.24, 2.45) is 7.05 Å². The van der Waals surface area contributed by atoms with Crippen molar-refractivity contribution in [3.63, 3.8) is 0 Å². The Morgan fingerprint density at radius 2 is 1.43 bits per heavy atom. The van der Waals surface area contributed by atoms with Crippen LogP contribution < -0.4 is 4.74 Å². The number of aromatic amines is 4. The van der Waals surface area contributed by atoms with E-state index in [0.29, 0.717) is 40.9 Å². The van der Waals surface area contributed by atoms with Crippen molar-refractivity contribution in [1.82, 2.24) is 84.2 Å². The third-order valence-electron chi connectivity index (χ3n) is 12.7. The number of benzene rings is 2. The molecule has 18 heteroatoms. The Balaban J connectivity index is 0.825. The van der Waals surface area contributed by atoms with E-state index < -0.39 is 0 Å². The van der Waals surface area contributed by atoms with Gasteiger partial charge in [-0.2, -0.15) is 15.3 Å². The summed E-state index contributed by atoms with van der Waals surface area (Å²) in [7, 11) is 1.91. The lowest BCUT2D eigenvalue weighted by atomic mass is 9.98. The fourth-order valence-electron chi connectivity index (χ4n) is 9.39. The average Bonchev–Trinajstić information content (AvgIpc) is 4.22. The first-order valence-electron chi connectivity index (χ1n) is 22.3. The van der Waals surface area contributed by atoms with Crippen LogP contribution in [0.1, 0.15) is 49.1 Å². The van der Waals surface area contributed by atoms with Crippen LogP contribution in [0.4, 0.5) is 0 Å². The quantitative estimate of drug-likeness (QED) is 0.102. The summed E-state index contributed by atoms with van der Waals surface area (Å²) in [6.45, 7) is 1.95. The second-order valence-corrected chi connectivity index (χ2v) is 17.3. The Hall–Kier alpha value is -8.80. The van der Waals surface area contributed by atoms with Crippen LogP contribution in [-0.4, -0.2) is 90.3 Å². The number of hydrogen-bond donors (Lipinski definition) is 4. The first-order chi connectivity index (χ1) is 32.9. The van der Waals surface area contributed by atoms with Gasteiger partial charge in [0.15, 0.2) is 23.3 Å². The van der Waals surface area contributed by atoms with Gasteiger partial charge < -0.3 is 14.7 Å². The van der Waals surface area contributed by atoms with E-state index in [0.717, 1.165) is 102 Å². The molecule has 0 atom stereocenters. The Morgan fingerprint density at radius 3 is 2.22 bits per heavy atom. The summed E-state index contributed by atoms with van der Waals surface area (Å²) in [4.78, 5) is 40.4. The van der Waals surface area contributed by atoms with Crippen LogP contribution in [0.3, 0.4) is 0 Å². The Bertz CT molecular complexity index is 3810. The van der Waals surface area contributed by atoms with E-state index in [1.54, 1.807) is 35.9 Å². The van der Waals surface area contributed by atoms with Gasteiger partial charge in [0.1, 0.15) is 40.8 Å². The zero-order chi connectivity index (χ0) is 44.6. The number of hydrogen-bond acceptors (Lipinski definition) is 11. The van der Waals surface area contributed by atoms with E-state index in [1.807, 2.05) is 72.3 Å². The summed E-state index contributed by atoms with van der Waals surface area (Å²) in [6.07, 6.45) is 25.2. The molecule has 12 aromatic rings. The van der Waals surface area contributed by atoms with E-state index in [4.69, 9.17) is 34.9 Å². The fourth-order valence-corrected chi connectivity index (χ4v) is 9.39. The van der Waals surface area contributed by atoms with Crippen LogP contribution in [0.5, 0.6) is 5.75 Å². The number of aromatic nitrogens is 17. The number of fused-ring (bicyclic) bond motifs is 4. The topological polar surface area (TPSA) is 216 Å². The number of nitrogens with zero attached hydrogens (tertiary/aromatic N) is 13. The number of ether oxygens (including phenoxy) is 1. The molecule has 0 amide bonds. The molecule has 1 fully saturated rings. The van der Waals surface area contributed by atoms with Crippen molar-refractivity contribution in [1.29, 1.82) is 0 Å². The summed E-state index contributed by atoms with van der Waals surface area (Å²) >= 11 is 0. The number of H-pyrrole nitrogens is 4. The van der Waals surface area contributed by atoms with E-state index in [2.05, 4.69) is 70.5 Å². The largest absolute Gasteiger partial charge is 0.489 e. The first-order valence-corrected chi connectivity index (χ1v) is 22.3. The molecular formula is C49H41N17O. The molecule has 10 heterocycles. The van der Waals surface area contributed by atoms with Gasteiger partial charge in [0, 0.05) is 72.5 Å². The summed E-state index contributed by atoms with van der Waals surface area (Å²) in [6, 6.07) is 16.4. The predicted octanol–water partition coefficient (Wildman–Crippen LogP) is 8.76. The second kappa shape index (κ2) is 15.4. The molecule has 0 aliphatic heterocycles. The van der Waals surface area contributed by atoms with Gasteiger partial charge in [-0.1, -0.05) is 12.5 Å². The molecule has 0 saturated heterocycles. The first kappa shape index (κ1) is 38.6. The molecule has 10 aromatic heterocycles. The van der Waals surface area contributed by atoms with Gasteiger partial charge in [0.25, 0.3) is 0 Å². The smallest absolute Gasteiger partial charge is 0.166 e. The normalized spacial score (nSPS) is 13.5. The van der Waals surface area contributed by atoms with Crippen LogP contribution in [0, 0.1) is 6.92 Å². The van der Waals surface area contributed by atoms with Crippen LogP contribution >= 0.6 is 0 Å². The van der Waals surface area contributed by atoms with Gasteiger partial charge >= 0.3 is 0 Å². The summed E-state index contributed by atoms with van der Waals surface area (Å²) in [5.41, 5.74) is 12.9. The fraction of sp³-hybridized carbons (Fsp3) is 0.184. The highest BCUT2D eigenvalue weighted by atomic mass is 16.5. The Morgan fingerprint density at radius 1 is 0.657 bits per heavy atom. The lowest BCUT2D eigenvalue weighted by Gasteiger charge is -2.23. The average molecular weight is 884 g/mol. The van der Waals surface area contributed by atoms with Crippen LogP contribution in [0.2, 0.25) is 0 Å². The standard InChI is InChI=1S/C49H41N17O/c1-27-22-65(25-53-27)48-44-39(10-12-51-48)57-47(59-44)43-37-18-29(32-20-55-64(2)23-32)14-30(41(37)61-63-43)15-33-24-66(26-54-33)49-45-40(11-13-52-49)56-46(58-45)42-36-17-28(8-9-38(36)60-62-42)31-16-35(21-50-19-31)67-34-6-4-3-5-7-34/h8-14,16-26,34H,3-7,15H2,1-2H3,(H,56,58)(H,57,59)(H,60,62)(H,61,63). The number of imidazole rings is 4. The van der Waals surface area contributed by atoms with Crippen molar-refractivity contribution in [2.75, 3.05) is 0 Å². The highest BCUT2D eigenvalue weighted by Gasteiger charge is 2.22. The molecule has 13 rings (SSSR count). The van der Waals surface area contributed by atoms with Gasteiger partial charge in [-0.3, -0.25) is 29.0 Å². The monoisotopic (exact) mass is 883 g/mol. The van der Waals surface area contributed by atoms with Crippen molar-refractivity contribution < 1.29 is 4.74 Å². The van der Waals surface area contributed by atoms with E-state index in [1.165, 1.54) is 19.3 Å². The Labute approximate surface area is 380 Å². The number of rotatable bonds is 10. The highest BCUT2D eigenvalue weighted by Crippen LogP contribution is 2.36. The van der Waals surface area contributed by atoms with Crippen molar-refractivity contribution in [3.8, 4) is 62.7 Å². The van der Waals surface area contributed by atoms with E-state index in [9.17, 15) is 0 Å². The number of nitrogens with one attached hydrogen (secondary N) is 4. The second-order valence-electron chi connectivity index (χ2n) is 17.3. The van der Waals surface area contributed by atoms with Crippen molar-refractivity contribution in [3.05, 3.63) is 128 Å². The maximum absolute atomic E-state index is 6.35. The van der Waals surface area contributed by atoms with E-state index in [-0.39, 0.29) is 6.10 Å². The van der Waals surface area contributed by atoms with Gasteiger partial charge in [0.05, 0.1) is 52.0 Å². The van der Waals surface area contributed by atoms with Gasteiger partial charge in [-0.05, 0) is 91.8 Å². The van der Waals surface area contributed by atoms with Crippen molar-refractivity contribution >= 4 is 43.9 Å². The van der Waals surface area contributed by atoms with Crippen LogP contribution in [0.15, 0.2) is 111 Å². The molecule has 0 spiro atoms. The molecule has 328 valence electrons. The molecule has 0 radical (unpaired) electrons. The maximum atomic E-state index is 6.35. The highest BCUT2D eigenvalue weighted by molar-refractivity contribution is 5.99. The number of aryl methyl sites for hydroxylation is 2. The van der Waals surface area contributed by atoms with Gasteiger partial charge in [0.2, 0.25) is 0 Å². The SMILES string of the molecule is Cc1cn(-c2nccc3[nH]c(-c4[nH]nc5c(Cc6cn(-c7nccc8[nH]c(-c9n[nH]c%10ccc(-c%11cncc(OC%12CCCCC%12)c%11)cc9%10)nc78)cn6)cc(-c6cnn(C)c6)cc45)nc23)cn1. The third-order valence-corrected chi connectivity index (χ3v) is 12.7. The summed E-state index contributed by atoms with van der Waals surface area (Å²) in [5, 5.41) is 22.4. The molecule has 18 nitrogen and oxygen atoms in total. The maximum Gasteiger partial charge on any atom is 0.166 e. The van der Waals surface area contributed by atoms with Crippen molar-refractivity contribution in [2.45, 2.75) is 51.6 Å². The Kier molecular flexibility index (Phi) is 8.90. The lowest BCUT2D eigenvalue weighted by Crippen LogP contribution is -2.19. The van der Waals surface area contributed by atoms with Gasteiger partial charge in [-0.25, -0.2) is 29.9 Å². The summed E-state index contributed by atoms with van der Waals surface area (Å²) < 4.78 is 12.0. The van der Waals surface area contributed by atoms with Crippen LogP contribution in [0.25, 0.3) is 101 Å². The molecule has 1 saturated carbocycles. The molecule has 1 aliphatic rings. The molecule has 2 aromatic carbocycles. The minimum atomic E-state index is 0.244. The minimum Gasteiger partial charge on any atom is -0.489 e. The molecular weight excluding hydrogens is 843 g/mol. The predicted molar refractivity (Wildman–Crippen MR) is 253 cm³/mol. The lowest BCUT2D eigenvalue weighted by molar-refractivity contribution is 0.154. The van der Waals surface area contributed by atoms with Crippen LogP contribution in [-0.2, 0) is 13.5 Å². The van der Waals surface area contributed by atoms with E-state index >= 15 is 0 Å². The molecule has 67 heavy (non-hydrogen) atoms.